The number of pyridine rings is 1. The fourth-order valence-corrected chi connectivity index (χ4v) is 5.18. The molecule has 1 aromatic rings. The second-order valence-corrected chi connectivity index (χ2v) is 9.10. The Kier molecular flexibility index (Phi) is 5.17. The van der Waals surface area contributed by atoms with Gasteiger partial charge in [0.15, 0.2) is 9.84 Å². The molecule has 1 unspecified atom stereocenters. The molecule has 2 aliphatic rings. The van der Waals surface area contributed by atoms with Crippen molar-refractivity contribution in [2.24, 2.45) is 0 Å². The van der Waals surface area contributed by atoms with Crippen molar-refractivity contribution in [2.75, 3.05) is 49.6 Å². The number of anilines is 1. The van der Waals surface area contributed by atoms with E-state index in [1.54, 1.807) is 26.2 Å². The second-order valence-electron chi connectivity index (χ2n) is 6.87. The molecule has 1 atom stereocenters. The number of rotatable bonds is 3. The van der Waals surface area contributed by atoms with Gasteiger partial charge in [-0.15, -0.1) is 0 Å². The molecule has 3 heterocycles. The fraction of sp³-hybridized carbons (Fsp3) is 0.588. The summed E-state index contributed by atoms with van der Waals surface area (Å²) in [6.45, 7) is 4.39. The van der Waals surface area contributed by atoms with Gasteiger partial charge in [0.25, 0.3) is 5.91 Å². The molecule has 2 fully saturated rings. The molecule has 0 spiro atoms. The number of aromatic nitrogens is 1. The van der Waals surface area contributed by atoms with E-state index in [0.717, 1.165) is 18.8 Å². The highest BCUT2D eigenvalue weighted by molar-refractivity contribution is 7.91. The van der Waals surface area contributed by atoms with Gasteiger partial charge in [-0.3, -0.25) is 9.59 Å². The number of nitrogens with zero attached hydrogens (tertiary/aromatic N) is 4. The maximum absolute atomic E-state index is 12.6. The summed E-state index contributed by atoms with van der Waals surface area (Å²) in [6, 6.07) is 3.24. The van der Waals surface area contributed by atoms with Gasteiger partial charge in [-0.1, -0.05) is 0 Å². The van der Waals surface area contributed by atoms with Crippen LogP contribution in [0.1, 0.15) is 23.8 Å². The van der Waals surface area contributed by atoms with Crippen LogP contribution in [0.4, 0.5) is 5.69 Å². The second kappa shape index (κ2) is 7.22. The monoisotopic (exact) mass is 380 g/mol. The minimum Gasteiger partial charge on any atom is -0.367 e. The molecule has 1 aromatic heterocycles. The molecule has 0 saturated carbocycles. The lowest BCUT2D eigenvalue weighted by molar-refractivity contribution is -0.129. The predicted octanol–water partition coefficient (Wildman–Crippen LogP) is 0.00920. The Hall–Kier alpha value is -2.16. The average Bonchev–Trinajstić information content (AvgIpc) is 3.00. The van der Waals surface area contributed by atoms with E-state index in [2.05, 4.69) is 9.88 Å². The van der Waals surface area contributed by atoms with Crippen molar-refractivity contribution < 1.29 is 18.0 Å². The lowest BCUT2D eigenvalue weighted by atomic mass is 10.2. The molecule has 142 valence electrons. The molecule has 0 aromatic carbocycles. The van der Waals surface area contributed by atoms with Crippen molar-refractivity contribution in [1.82, 2.24) is 14.8 Å². The molecule has 26 heavy (non-hydrogen) atoms. The SMILES string of the molecule is CC(=O)N1CCN(c2ccc(C(=O)N(C)C3CCS(=O)(=O)C3)nc2)CC1. The molecular weight excluding hydrogens is 356 g/mol. The van der Waals surface area contributed by atoms with E-state index >= 15 is 0 Å². The number of carbonyl (C=O) groups is 2. The predicted molar refractivity (Wildman–Crippen MR) is 97.9 cm³/mol. The summed E-state index contributed by atoms with van der Waals surface area (Å²) in [6.07, 6.45) is 2.14. The summed E-state index contributed by atoms with van der Waals surface area (Å²) in [5.74, 6) is -0.0255. The largest absolute Gasteiger partial charge is 0.367 e. The molecule has 2 amide bonds. The van der Waals surface area contributed by atoms with Gasteiger partial charge in [0.05, 0.1) is 23.4 Å². The Morgan fingerprint density at radius 3 is 2.38 bits per heavy atom. The van der Waals surface area contributed by atoms with Crippen molar-refractivity contribution in [3.63, 3.8) is 0 Å². The van der Waals surface area contributed by atoms with Crippen LogP contribution in [-0.4, -0.2) is 85.8 Å². The fourth-order valence-electron chi connectivity index (χ4n) is 3.41. The molecule has 2 aliphatic heterocycles. The zero-order chi connectivity index (χ0) is 18.9. The Bertz CT molecular complexity index is 785. The molecule has 8 nitrogen and oxygen atoms in total. The van der Waals surface area contributed by atoms with Gasteiger partial charge in [0.1, 0.15) is 5.69 Å². The van der Waals surface area contributed by atoms with E-state index in [9.17, 15) is 18.0 Å². The van der Waals surface area contributed by atoms with E-state index in [0.29, 0.717) is 25.2 Å². The highest BCUT2D eigenvalue weighted by Crippen LogP contribution is 2.20. The Morgan fingerprint density at radius 1 is 1.19 bits per heavy atom. The summed E-state index contributed by atoms with van der Waals surface area (Å²) in [7, 11) is -1.41. The lowest BCUT2D eigenvalue weighted by Gasteiger charge is -2.35. The van der Waals surface area contributed by atoms with Gasteiger partial charge in [0.2, 0.25) is 5.91 Å². The van der Waals surface area contributed by atoms with Crippen molar-refractivity contribution in [1.29, 1.82) is 0 Å². The normalized spacial score (nSPS) is 22.3. The van der Waals surface area contributed by atoms with Gasteiger partial charge in [0, 0.05) is 46.2 Å². The molecule has 0 bridgehead atoms. The van der Waals surface area contributed by atoms with Crippen molar-refractivity contribution >= 4 is 27.3 Å². The summed E-state index contributed by atoms with van der Waals surface area (Å²) < 4.78 is 23.2. The zero-order valence-corrected chi connectivity index (χ0v) is 15.9. The molecule has 0 aliphatic carbocycles. The van der Waals surface area contributed by atoms with Crippen molar-refractivity contribution in [3.8, 4) is 0 Å². The maximum atomic E-state index is 12.6. The minimum atomic E-state index is -3.04. The average molecular weight is 380 g/mol. The minimum absolute atomic E-state index is 0.0216. The van der Waals surface area contributed by atoms with Crippen LogP contribution in [0.3, 0.4) is 0 Å². The number of piperazine rings is 1. The third kappa shape index (κ3) is 3.98. The highest BCUT2D eigenvalue weighted by Gasteiger charge is 2.33. The number of hydrogen-bond donors (Lipinski definition) is 0. The smallest absolute Gasteiger partial charge is 0.272 e. The molecule has 0 N–H and O–H groups in total. The van der Waals surface area contributed by atoms with Crippen LogP contribution >= 0.6 is 0 Å². The summed E-state index contributed by atoms with van der Waals surface area (Å²) in [5.41, 5.74) is 1.22. The number of amides is 2. The van der Waals surface area contributed by atoms with E-state index in [1.165, 1.54) is 4.90 Å². The molecule has 2 saturated heterocycles. The topological polar surface area (TPSA) is 90.9 Å². The van der Waals surface area contributed by atoms with E-state index < -0.39 is 9.84 Å². The number of hydrogen-bond acceptors (Lipinski definition) is 6. The Balaban J connectivity index is 1.62. The third-order valence-electron chi connectivity index (χ3n) is 5.13. The molecule has 3 rings (SSSR count). The molecule has 9 heteroatoms. The first-order valence-corrected chi connectivity index (χ1v) is 10.5. The van der Waals surface area contributed by atoms with Gasteiger partial charge >= 0.3 is 0 Å². The standard InChI is InChI=1S/C17H24N4O4S/c1-13(22)20-6-8-21(9-7-20)14-3-4-16(18-11-14)17(23)19(2)15-5-10-26(24,25)12-15/h3-4,11,15H,5-10,12H2,1-2H3. The maximum Gasteiger partial charge on any atom is 0.272 e. The summed E-state index contributed by atoms with van der Waals surface area (Å²) >= 11 is 0. The van der Waals surface area contributed by atoms with Crippen LogP contribution in [0.25, 0.3) is 0 Å². The first kappa shape index (κ1) is 18.6. The Morgan fingerprint density at radius 2 is 1.88 bits per heavy atom. The van der Waals surface area contributed by atoms with Crippen LogP contribution in [0.5, 0.6) is 0 Å². The number of carbonyl (C=O) groups excluding carboxylic acids is 2. The summed E-state index contributed by atoms with van der Waals surface area (Å²) in [5, 5.41) is 0. The van der Waals surface area contributed by atoms with Crippen LogP contribution in [-0.2, 0) is 14.6 Å². The summed E-state index contributed by atoms with van der Waals surface area (Å²) in [4.78, 5) is 33.7. The Labute approximate surface area is 153 Å². The first-order chi connectivity index (χ1) is 12.3. The van der Waals surface area contributed by atoms with E-state index in [4.69, 9.17) is 0 Å². The molecule has 0 radical (unpaired) electrons. The molecular formula is C17H24N4O4S. The van der Waals surface area contributed by atoms with Crippen LogP contribution in [0.15, 0.2) is 18.3 Å². The van der Waals surface area contributed by atoms with Crippen molar-refractivity contribution in [2.45, 2.75) is 19.4 Å². The quantitative estimate of drug-likeness (QED) is 0.734. The van der Waals surface area contributed by atoms with Crippen LogP contribution < -0.4 is 4.90 Å². The zero-order valence-electron chi connectivity index (χ0n) is 15.1. The van der Waals surface area contributed by atoms with Gasteiger partial charge in [-0.05, 0) is 18.6 Å². The van der Waals surface area contributed by atoms with Crippen molar-refractivity contribution in [3.05, 3.63) is 24.0 Å². The third-order valence-corrected chi connectivity index (χ3v) is 6.88. The van der Waals surface area contributed by atoms with Gasteiger partial charge in [-0.25, -0.2) is 13.4 Å². The highest BCUT2D eigenvalue weighted by atomic mass is 32.2. The van der Waals surface area contributed by atoms with E-state index in [1.807, 2.05) is 11.0 Å². The van der Waals surface area contributed by atoms with Crippen LogP contribution in [0, 0.1) is 0 Å². The van der Waals surface area contributed by atoms with Crippen LogP contribution in [0.2, 0.25) is 0 Å². The van der Waals surface area contributed by atoms with Gasteiger partial charge < -0.3 is 14.7 Å². The van der Waals surface area contributed by atoms with Gasteiger partial charge in [-0.2, -0.15) is 0 Å². The lowest BCUT2D eigenvalue weighted by Crippen LogP contribution is -2.48. The van der Waals surface area contributed by atoms with E-state index in [-0.39, 0.29) is 29.4 Å². The first-order valence-electron chi connectivity index (χ1n) is 8.71. The number of sulfone groups is 1.